The first-order chi connectivity index (χ1) is 27.1. The molecule has 0 saturated carbocycles. The second-order valence-electron chi connectivity index (χ2n) is 12.3. The Morgan fingerprint density at radius 3 is 1.93 bits per heavy atom. The number of amides is 1. The van der Waals surface area contributed by atoms with E-state index in [0.717, 1.165) is 18.6 Å². The highest BCUT2D eigenvalue weighted by Crippen LogP contribution is 2.37. The Hall–Kier alpha value is -4.04. The van der Waals surface area contributed by atoms with E-state index >= 15 is 0 Å². The van der Waals surface area contributed by atoms with Crippen molar-refractivity contribution in [2.75, 3.05) is 36.9 Å². The van der Waals surface area contributed by atoms with Gasteiger partial charge >= 0.3 is 38.1 Å². The summed E-state index contributed by atoms with van der Waals surface area (Å²) in [6, 6.07) is 4.93. The number of ether oxygens (including phenoxy) is 3. The van der Waals surface area contributed by atoms with Crippen molar-refractivity contribution in [3.8, 4) is 11.5 Å². The number of carboxylic acids is 1. The molecule has 2 atom stereocenters. The van der Waals surface area contributed by atoms with Crippen molar-refractivity contribution >= 4 is 84.9 Å². The van der Waals surface area contributed by atoms with Crippen LogP contribution in [0.4, 0.5) is 8.78 Å². The maximum Gasteiger partial charge on any atom is 0.547 e. The van der Waals surface area contributed by atoms with E-state index in [2.05, 4.69) is 10.1 Å². The Bertz CT molecular complexity index is 1720. The molecule has 0 unspecified atom stereocenters. The van der Waals surface area contributed by atoms with E-state index in [0.29, 0.717) is 29.7 Å². The van der Waals surface area contributed by atoms with Gasteiger partial charge in [-0.05, 0) is 61.5 Å². The molecule has 2 aliphatic rings. The standard InChI is InChI=1S/C17H21BFNO7S.C13H14BFO5S.C5H9ClO2/c1-3-4-14(22)25-9-26-17(23)15-11(19)6-5-10-7-12(18(24)27-16(10)15)20-13(21)8-28-2;1-21-6-9(16)5-8-4-7-2-3-10(15)11(13(17)18)12(7)20-14(8)19;1-2-3-5(7)8-4-6/h5-6,12,24H,3-4,7-9H2,1-2H3,(H,20,21);2-3,8,19H,4-6H2,1H3,(H,17,18);2-4H2,1H3/t12-;8-;/m01./s1. The molecule has 0 saturated heterocycles. The van der Waals surface area contributed by atoms with Crippen LogP contribution in [0.3, 0.4) is 0 Å². The van der Waals surface area contributed by atoms with Crippen molar-refractivity contribution < 1.29 is 76.2 Å². The Morgan fingerprint density at radius 1 is 0.825 bits per heavy atom. The summed E-state index contributed by atoms with van der Waals surface area (Å²) in [6.07, 6.45) is 6.16. The topological polar surface area (TPSA) is 221 Å². The van der Waals surface area contributed by atoms with Crippen molar-refractivity contribution in [1.82, 2.24) is 5.32 Å². The molecule has 2 heterocycles. The van der Waals surface area contributed by atoms with Crippen LogP contribution >= 0.6 is 35.1 Å². The molecule has 0 fully saturated rings. The molecular formula is C35H44B2ClF2NO14S2. The molecular weight excluding hydrogens is 818 g/mol. The van der Waals surface area contributed by atoms with Crippen LogP contribution in [0, 0.1) is 11.6 Å². The van der Waals surface area contributed by atoms with E-state index in [4.69, 9.17) is 35.5 Å². The number of esters is 3. The predicted octanol–water partition coefficient (Wildman–Crippen LogP) is 4.24. The first kappa shape index (κ1) is 49.1. The third-order valence-corrected chi connectivity index (χ3v) is 9.16. The second kappa shape index (κ2) is 25.3. The van der Waals surface area contributed by atoms with E-state index in [1.54, 1.807) is 13.2 Å². The van der Waals surface area contributed by atoms with E-state index < -0.39 is 73.5 Å². The van der Waals surface area contributed by atoms with Gasteiger partial charge in [0, 0.05) is 25.1 Å². The maximum atomic E-state index is 14.2. The summed E-state index contributed by atoms with van der Waals surface area (Å²) >= 11 is 7.81. The number of rotatable bonds is 16. The summed E-state index contributed by atoms with van der Waals surface area (Å²) in [5, 5.41) is 31.7. The minimum Gasteiger partial charge on any atom is -0.535 e. The molecule has 57 heavy (non-hydrogen) atoms. The lowest BCUT2D eigenvalue weighted by molar-refractivity contribution is -0.152. The van der Waals surface area contributed by atoms with Crippen molar-refractivity contribution in [1.29, 1.82) is 0 Å². The zero-order valence-corrected chi connectivity index (χ0v) is 34.1. The Labute approximate surface area is 342 Å². The largest absolute Gasteiger partial charge is 0.547 e. The summed E-state index contributed by atoms with van der Waals surface area (Å²) < 4.78 is 52.2. The van der Waals surface area contributed by atoms with Crippen molar-refractivity contribution in [2.45, 2.75) is 70.6 Å². The third-order valence-electron chi connectivity index (χ3n) is 7.89. The van der Waals surface area contributed by atoms with Gasteiger partial charge in [-0.2, -0.15) is 23.5 Å². The van der Waals surface area contributed by atoms with Gasteiger partial charge in [0.2, 0.25) is 12.7 Å². The first-order valence-electron chi connectivity index (χ1n) is 17.5. The van der Waals surface area contributed by atoms with Gasteiger partial charge in [0.25, 0.3) is 0 Å². The van der Waals surface area contributed by atoms with E-state index in [1.807, 2.05) is 13.2 Å². The molecule has 1 amide bonds. The van der Waals surface area contributed by atoms with Crippen LogP contribution < -0.4 is 14.6 Å². The number of benzene rings is 2. The number of halogens is 3. The summed E-state index contributed by atoms with van der Waals surface area (Å²) in [5.74, 6) is -6.34. The number of hydrogen-bond acceptors (Lipinski definition) is 15. The first-order valence-corrected chi connectivity index (χ1v) is 20.8. The fourth-order valence-electron chi connectivity index (χ4n) is 5.35. The molecule has 0 radical (unpaired) electrons. The zero-order chi connectivity index (χ0) is 42.7. The molecule has 15 nitrogen and oxygen atoms in total. The number of nitrogens with one attached hydrogen (secondary N) is 1. The SMILES string of the molecule is CCCC(=O)OCCl.CCCC(=O)OCOC(=O)c1c(F)ccc2c1OB(O)[C@@H](NC(=O)CSC)C2.CSCC(=O)C[C@H]1Cc2ccc(F)c(C(=O)O)c2OB1O. The molecule has 0 aromatic heterocycles. The normalized spacial score (nSPS) is 15.0. The Morgan fingerprint density at radius 2 is 1.37 bits per heavy atom. The fraction of sp³-hybridized carbons (Fsp3) is 0.486. The molecule has 2 aliphatic heterocycles. The van der Waals surface area contributed by atoms with E-state index in [-0.39, 0.29) is 66.7 Å². The minimum atomic E-state index is -1.46. The van der Waals surface area contributed by atoms with Crippen LogP contribution in [0.5, 0.6) is 11.5 Å². The number of carbonyl (C=O) groups excluding carboxylic acids is 5. The quantitative estimate of drug-likeness (QED) is 0.0802. The molecule has 312 valence electrons. The van der Waals surface area contributed by atoms with Crippen LogP contribution in [0.25, 0.3) is 0 Å². The molecule has 0 spiro atoms. The van der Waals surface area contributed by atoms with Crippen LogP contribution in [-0.2, 0) is 46.2 Å². The molecule has 4 N–H and O–H groups in total. The number of fused-ring (bicyclic) bond motifs is 2. The number of thioether (sulfide) groups is 2. The lowest BCUT2D eigenvalue weighted by Crippen LogP contribution is -2.53. The van der Waals surface area contributed by atoms with Gasteiger partial charge in [0.05, 0.1) is 17.4 Å². The molecule has 0 bridgehead atoms. The lowest BCUT2D eigenvalue weighted by atomic mass is 9.64. The minimum absolute atomic E-state index is 0.0147. The number of Topliss-reactive ketones (excluding diaryl/α,β-unsaturated/α-hetero) is 1. The van der Waals surface area contributed by atoms with Crippen LogP contribution in [0.15, 0.2) is 24.3 Å². The van der Waals surface area contributed by atoms with E-state index in [9.17, 15) is 47.6 Å². The molecule has 4 rings (SSSR count). The van der Waals surface area contributed by atoms with Crippen LogP contribution in [-0.4, -0.2) is 108 Å². The predicted molar refractivity (Wildman–Crippen MR) is 209 cm³/mol. The highest BCUT2D eigenvalue weighted by atomic mass is 35.5. The van der Waals surface area contributed by atoms with Crippen molar-refractivity contribution in [3.05, 3.63) is 58.2 Å². The molecule has 22 heteroatoms. The van der Waals surface area contributed by atoms with Gasteiger partial charge in [-0.25, -0.2) is 18.4 Å². The Kier molecular flexibility index (Phi) is 21.8. The maximum absolute atomic E-state index is 14.2. The molecule has 2 aromatic rings. The van der Waals surface area contributed by atoms with Gasteiger partial charge in [0.15, 0.2) is 6.07 Å². The van der Waals surface area contributed by atoms with Crippen LogP contribution in [0.2, 0.25) is 5.82 Å². The zero-order valence-electron chi connectivity index (χ0n) is 31.7. The smallest absolute Gasteiger partial charge is 0.535 e. The van der Waals surface area contributed by atoms with Gasteiger partial charge in [-0.1, -0.05) is 37.6 Å². The second-order valence-corrected chi connectivity index (χ2v) is 14.2. The number of carboxylic acid groups (broad SMARTS) is 1. The number of hydrogen-bond donors (Lipinski definition) is 4. The number of aromatic carboxylic acids is 1. The van der Waals surface area contributed by atoms with Gasteiger partial charge in [-0.3, -0.25) is 19.2 Å². The average Bonchev–Trinajstić information content (AvgIpc) is 3.13. The number of carbonyl (C=O) groups is 6. The number of ketones is 1. The summed E-state index contributed by atoms with van der Waals surface area (Å²) in [6.45, 7) is 3.05. The van der Waals surface area contributed by atoms with Gasteiger partial charge in [-0.15, -0.1) is 0 Å². The number of alkyl halides is 1. The molecule has 0 aliphatic carbocycles. The van der Waals surface area contributed by atoms with Gasteiger partial charge in [0.1, 0.15) is 40.0 Å². The Balaban J connectivity index is 0.000000339. The van der Waals surface area contributed by atoms with Crippen molar-refractivity contribution in [3.63, 3.8) is 0 Å². The van der Waals surface area contributed by atoms with Gasteiger partial charge < -0.3 is 44.0 Å². The fourth-order valence-corrected chi connectivity index (χ4v) is 6.25. The van der Waals surface area contributed by atoms with Crippen molar-refractivity contribution in [2.24, 2.45) is 0 Å². The highest BCUT2D eigenvalue weighted by Gasteiger charge is 2.40. The highest BCUT2D eigenvalue weighted by molar-refractivity contribution is 7.99. The lowest BCUT2D eigenvalue weighted by Gasteiger charge is -2.29. The third kappa shape index (κ3) is 15.7. The summed E-state index contributed by atoms with van der Waals surface area (Å²) in [4.78, 5) is 68.4. The van der Waals surface area contributed by atoms with Crippen LogP contribution in [0.1, 0.15) is 77.8 Å². The van der Waals surface area contributed by atoms with E-state index in [1.165, 1.54) is 35.7 Å². The summed E-state index contributed by atoms with van der Waals surface area (Å²) in [7, 11) is -2.78. The average molecular weight is 862 g/mol. The molecule has 2 aromatic carbocycles. The monoisotopic (exact) mass is 861 g/mol. The summed E-state index contributed by atoms with van der Waals surface area (Å²) in [5.41, 5.74) is -0.172.